The van der Waals surface area contributed by atoms with Gasteiger partial charge in [-0.25, -0.2) is 0 Å². The fraction of sp³-hybridized carbons (Fsp3) is 0.606. The van der Waals surface area contributed by atoms with Crippen LogP contribution in [-0.4, -0.2) is 108 Å². The van der Waals surface area contributed by atoms with Gasteiger partial charge in [-0.15, -0.1) is 0 Å². The molecule has 8 aliphatic carbocycles. The molecule has 4 heterocycles. The third-order valence-electron chi connectivity index (χ3n) is 19.7. The minimum Gasteiger partial charge on any atom is -0.458 e. The first-order chi connectivity index (χ1) is 42.0. The molecule has 4 aromatic carbocycles. The number of alkyl halides is 4. The number of halogens is 4. The van der Waals surface area contributed by atoms with E-state index in [1.165, 1.54) is 117 Å². The van der Waals surface area contributed by atoms with E-state index < -0.39 is 66.7 Å². The summed E-state index contributed by atoms with van der Waals surface area (Å²) in [4.78, 5) is 30.5. The molecule has 0 radical (unpaired) electrons. The summed E-state index contributed by atoms with van der Waals surface area (Å²) in [6.07, 6.45) is 21.6. The van der Waals surface area contributed by atoms with Crippen LogP contribution in [0.5, 0.6) is 23.0 Å². The second-order valence-electron chi connectivity index (χ2n) is 26.3. The van der Waals surface area contributed by atoms with Crippen LogP contribution in [0.2, 0.25) is 0 Å². The number of rotatable bonds is 16. The van der Waals surface area contributed by atoms with Gasteiger partial charge in [0.2, 0.25) is 0 Å². The minimum atomic E-state index is -5.56. The van der Waals surface area contributed by atoms with Crippen molar-refractivity contribution in [3.8, 4) is 23.0 Å². The number of hydrogen-bond acceptors (Lipinski definition) is 10. The van der Waals surface area contributed by atoms with Crippen LogP contribution in [0.1, 0.15) is 128 Å². The molecule has 22 heteroatoms. The Morgan fingerprint density at radius 2 is 0.580 bits per heavy atom. The minimum absolute atomic E-state index is 0.450. The molecule has 88 heavy (non-hydrogen) atoms. The van der Waals surface area contributed by atoms with E-state index in [9.17, 15) is 44.0 Å². The van der Waals surface area contributed by atoms with Crippen molar-refractivity contribution in [3.63, 3.8) is 0 Å². The Bertz CT molecular complexity index is 2840. The van der Waals surface area contributed by atoms with E-state index in [0.717, 1.165) is 61.5 Å². The molecule has 16 rings (SSSR count). The van der Waals surface area contributed by atoms with Gasteiger partial charge in [0.25, 0.3) is 0 Å². The fourth-order valence-electron chi connectivity index (χ4n) is 16.1. The van der Waals surface area contributed by atoms with Crippen LogP contribution in [0.15, 0.2) is 117 Å². The summed E-state index contributed by atoms with van der Waals surface area (Å²) in [7, 11) is -9.15. The molecule has 2 N–H and O–H groups in total. The van der Waals surface area contributed by atoms with E-state index in [4.69, 9.17) is 18.6 Å². The number of carbonyl (C=O) groups excluding carboxylic acids is 2. The molecule has 4 aliphatic heterocycles. The van der Waals surface area contributed by atoms with Crippen LogP contribution in [0.4, 0.5) is 17.6 Å². The number of carbonyl (C=O) groups is 2. The zero-order valence-corrected chi connectivity index (χ0v) is 54.8. The first-order valence-electron chi connectivity index (χ1n) is 31.5. The molecule has 8 bridgehead atoms. The summed E-state index contributed by atoms with van der Waals surface area (Å²) in [5, 5.41) is -8.91. The lowest BCUT2D eigenvalue weighted by Crippen LogP contribution is -2.51. The van der Waals surface area contributed by atoms with Gasteiger partial charge in [-0.05, 0) is 261 Å². The van der Waals surface area contributed by atoms with Crippen molar-refractivity contribution in [1.29, 1.82) is 0 Å². The number of benzene rings is 4. The smallest absolute Gasteiger partial charge is 0.402 e. The quantitative estimate of drug-likeness (QED) is 0.0470. The normalized spacial score (nSPS) is 28.5. The first-order valence-corrected chi connectivity index (χ1v) is 40.6. The number of hydrogen-bond donors (Lipinski definition) is 2. The standard InChI is InChI=1S/2C20H24OS2.2C13H18F2O5S/c2*1-2-14-22(13-1)19-9-5-17(6-10-19)21-18-7-11-20(12-8-18)23-15-3-4-16-23;2*14-13(15,21(17,18)19)7-20-11(16)12-4-8-1-9(5-12)3-10(2-8)6-12/h2*5-12H,1-4,13-16H2;2*8-10H,1-7H2,(H,17,18,19)/q2*+2;;. The van der Waals surface area contributed by atoms with Crippen LogP contribution in [0, 0.1) is 46.3 Å². The zero-order chi connectivity index (χ0) is 61.9. The Hall–Kier alpha value is -3.64. The van der Waals surface area contributed by atoms with Crippen molar-refractivity contribution >= 4 is 75.8 Å². The third kappa shape index (κ3) is 16.0. The Kier molecular flexibility index (Phi) is 20.9. The van der Waals surface area contributed by atoms with Gasteiger partial charge in [0.15, 0.2) is 32.8 Å². The maximum absolute atomic E-state index is 13.1. The van der Waals surface area contributed by atoms with Gasteiger partial charge in [0.1, 0.15) is 69.0 Å². The maximum Gasteiger partial charge on any atom is 0.402 e. The van der Waals surface area contributed by atoms with Crippen molar-refractivity contribution in [1.82, 2.24) is 0 Å². The van der Waals surface area contributed by atoms with Crippen molar-refractivity contribution < 1.29 is 72.0 Å². The van der Waals surface area contributed by atoms with E-state index >= 15 is 0 Å². The third-order valence-corrected chi connectivity index (χ3v) is 31.4. The van der Waals surface area contributed by atoms with Gasteiger partial charge in [-0.1, -0.05) is 0 Å². The van der Waals surface area contributed by atoms with Crippen LogP contribution >= 0.6 is 0 Å². The van der Waals surface area contributed by atoms with E-state index in [1.807, 2.05) is 0 Å². The Morgan fingerprint density at radius 3 is 0.761 bits per heavy atom. The molecule has 12 nitrogen and oxygen atoms in total. The fourth-order valence-corrected chi connectivity index (χ4v) is 25.7. The van der Waals surface area contributed by atoms with Crippen LogP contribution < -0.4 is 9.47 Å². The SMILES string of the molecule is O=C(OCC(F)(F)S(=O)(=O)O)C12CC3CC(CC(C3)C1)C2.O=C(OCC(F)(F)S(=O)(=O)O)C12CC3CC(CC(C3)C1)C2.c1cc([S+]2CCCC2)ccc1Oc1ccc([S+]2CCCC2)cc1.c1cc([S+]2CCCC2)ccc1Oc1ccc([S+]2CCCC2)cc1. The van der Waals surface area contributed by atoms with E-state index in [2.05, 4.69) is 107 Å². The number of esters is 2. The Morgan fingerprint density at radius 1 is 0.386 bits per heavy atom. The summed E-state index contributed by atoms with van der Waals surface area (Å²) in [5.41, 5.74) is -1.44. The van der Waals surface area contributed by atoms with Gasteiger partial charge in [-0.3, -0.25) is 18.7 Å². The summed E-state index contributed by atoms with van der Waals surface area (Å²) in [5.74, 6) is 16.1. The molecule has 0 amide bonds. The van der Waals surface area contributed by atoms with E-state index in [0.29, 0.717) is 118 Å². The molecule has 480 valence electrons. The Balaban J connectivity index is 0.000000121. The highest BCUT2D eigenvalue weighted by Gasteiger charge is 2.58. The second-order valence-corrected chi connectivity index (χ2v) is 38.5. The monoisotopic (exact) mass is 1340 g/mol. The highest BCUT2D eigenvalue weighted by atomic mass is 32.2. The molecule has 0 atom stereocenters. The molecule has 4 aromatic rings. The predicted octanol–water partition coefficient (Wildman–Crippen LogP) is 14.5. The zero-order valence-electron chi connectivity index (χ0n) is 49.9. The summed E-state index contributed by atoms with van der Waals surface area (Å²) in [6, 6.07) is 35.2. The van der Waals surface area contributed by atoms with Crippen molar-refractivity contribution in [2.24, 2.45) is 46.3 Å². The summed E-state index contributed by atoms with van der Waals surface area (Å²) in [6.45, 7) is -3.24. The van der Waals surface area contributed by atoms with Gasteiger partial charge in [-0.2, -0.15) is 34.4 Å². The largest absolute Gasteiger partial charge is 0.458 e. The molecule has 12 fully saturated rings. The molecule has 4 saturated heterocycles. The predicted molar refractivity (Wildman–Crippen MR) is 340 cm³/mol. The lowest BCUT2D eigenvalue weighted by atomic mass is 9.49. The van der Waals surface area contributed by atoms with Crippen LogP contribution in [-0.2, 0) is 82.9 Å². The molecule has 0 unspecified atom stereocenters. The highest BCUT2D eigenvalue weighted by Crippen LogP contribution is 2.62. The van der Waals surface area contributed by atoms with E-state index in [-0.39, 0.29) is 0 Å². The first kappa shape index (κ1) is 65.8. The highest BCUT2D eigenvalue weighted by molar-refractivity contribution is 7.98. The molecular weight excluding hydrogens is 1250 g/mol. The molecule has 0 spiro atoms. The maximum atomic E-state index is 13.1. The average molecular weight is 1340 g/mol. The van der Waals surface area contributed by atoms with Crippen molar-refractivity contribution in [2.45, 2.75) is 159 Å². The Labute approximate surface area is 528 Å². The van der Waals surface area contributed by atoms with Gasteiger partial charge in [0.05, 0.1) is 10.8 Å². The topological polar surface area (TPSA) is 180 Å². The second kappa shape index (κ2) is 27.9. The van der Waals surface area contributed by atoms with Crippen molar-refractivity contribution in [2.75, 3.05) is 59.2 Å². The molecule has 12 aliphatic rings. The van der Waals surface area contributed by atoms with Gasteiger partial charge >= 0.3 is 42.7 Å². The molecular formula is C66H84F4O12S6+4. The van der Waals surface area contributed by atoms with Gasteiger partial charge < -0.3 is 18.9 Å². The number of ether oxygens (including phenoxy) is 4. The van der Waals surface area contributed by atoms with E-state index in [1.54, 1.807) is 0 Å². The lowest BCUT2D eigenvalue weighted by Gasteiger charge is -2.55. The van der Waals surface area contributed by atoms with Crippen LogP contribution in [0.25, 0.3) is 0 Å². The summed E-state index contributed by atoms with van der Waals surface area (Å²) >= 11 is 0. The average Bonchev–Trinajstić information content (AvgIpc) is 1.03. The van der Waals surface area contributed by atoms with Crippen LogP contribution in [0.3, 0.4) is 0 Å². The lowest BCUT2D eigenvalue weighted by molar-refractivity contribution is -0.177. The molecule has 8 saturated carbocycles. The van der Waals surface area contributed by atoms with Gasteiger partial charge in [0, 0.05) is 43.6 Å². The molecule has 0 aromatic heterocycles. The summed E-state index contributed by atoms with van der Waals surface area (Å²) < 4.78 is 133. The van der Waals surface area contributed by atoms with Crippen molar-refractivity contribution in [3.05, 3.63) is 97.1 Å².